The van der Waals surface area contributed by atoms with Crippen LogP contribution in [-0.4, -0.2) is 15.0 Å². The molecule has 0 aliphatic rings. The van der Waals surface area contributed by atoms with Crippen molar-refractivity contribution in [3.05, 3.63) is 46.6 Å². The molecule has 2 heterocycles. The molecule has 0 spiro atoms. The monoisotopic (exact) mass is 435 g/mol. The number of hydrogen-bond donors (Lipinski definition) is 0. The zero-order valence-corrected chi connectivity index (χ0v) is 19.6. The van der Waals surface area contributed by atoms with E-state index in [-0.39, 0.29) is 65.4 Å². The first kappa shape index (κ1) is 23.6. The Labute approximate surface area is 178 Å². The standard InChI is InChI=1S/C8H12N2.C7H9N2.2Y/c1-6-7(2)9-5-10(4)8(6)3;1-5-6(2)8-4-9-7(5)3;;/h1-4H3;1-3H3;;/q;-1;;. The molecular formula is C15H21N4Y2-. The van der Waals surface area contributed by atoms with Crippen LogP contribution in [0, 0.1) is 54.2 Å². The Morgan fingerprint density at radius 2 is 1.14 bits per heavy atom. The van der Waals surface area contributed by atoms with Crippen LogP contribution in [0.1, 0.15) is 33.9 Å². The molecule has 0 fully saturated rings. The Balaban J connectivity index is 0. The van der Waals surface area contributed by atoms with Crippen LogP contribution in [0.3, 0.4) is 0 Å². The van der Waals surface area contributed by atoms with Gasteiger partial charge in [-0.15, -0.1) is 5.56 Å². The molecule has 2 rings (SSSR count). The van der Waals surface area contributed by atoms with Gasteiger partial charge in [0.05, 0.1) is 7.05 Å². The molecule has 0 N–H and O–H groups in total. The van der Waals surface area contributed by atoms with Gasteiger partial charge in [0.1, 0.15) is 0 Å². The van der Waals surface area contributed by atoms with E-state index in [1.54, 1.807) is 0 Å². The molecule has 4 nitrogen and oxygen atoms in total. The number of aromatic nitrogens is 4. The van der Waals surface area contributed by atoms with Gasteiger partial charge in [0, 0.05) is 77.4 Å². The van der Waals surface area contributed by atoms with E-state index in [4.69, 9.17) is 0 Å². The van der Waals surface area contributed by atoms with Crippen molar-refractivity contribution >= 4 is 0 Å². The molecule has 2 aromatic heterocycles. The predicted octanol–water partition coefficient (Wildman–Crippen LogP) is 1.83. The third-order valence-corrected chi connectivity index (χ3v) is 3.48. The van der Waals surface area contributed by atoms with Gasteiger partial charge < -0.3 is 14.5 Å². The van der Waals surface area contributed by atoms with Gasteiger partial charge >= 0.3 is 0 Å². The summed E-state index contributed by atoms with van der Waals surface area (Å²) in [6.45, 7) is 12.1. The van der Waals surface area contributed by atoms with Gasteiger partial charge in [-0.1, -0.05) is 44.6 Å². The fourth-order valence-corrected chi connectivity index (χ4v) is 1.43. The zero-order chi connectivity index (χ0) is 14.6. The third kappa shape index (κ3) is 6.98. The number of aryl methyl sites for hydroxylation is 4. The van der Waals surface area contributed by atoms with Gasteiger partial charge in [-0.05, 0) is 19.5 Å². The molecule has 0 unspecified atom stereocenters. The van der Waals surface area contributed by atoms with E-state index in [2.05, 4.69) is 41.5 Å². The maximum absolute atomic E-state index is 4.08. The summed E-state index contributed by atoms with van der Waals surface area (Å²) in [4.78, 5) is 11.9. The molecule has 0 aliphatic carbocycles. The SMILES string of the molecule is Cc1n[c-][n+](C)c(C)c1C.Cc1n[c-]nc(C)c1C.[Y].[Y]. The molecule has 2 aromatic rings. The number of rotatable bonds is 0. The summed E-state index contributed by atoms with van der Waals surface area (Å²) in [6, 6.07) is 0. The van der Waals surface area contributed by atoms with Crippen LogP contribution in [0.5, 0.6) is 0 Å². The van der Waals surface area contributed by atoms with Crippen LogP contribution >= 0.6 is 0 Å². The van der Waals surface area contributed by atoms with Gasteiger partial charge in [-0.3, -0.25) is 0 Å². The number of hydrogen-bond acceptors (Lipinski definition) is 3. The summed E-state index contributed by atoms with van der Waals surface area (Å²) in [6.07, 6.45) is 5.45. The minimum Gasteiger partial charge on any atom is -0.371 e. The average Bonchev–Trinajstić information content (AvgIpc) is 2.39. The molecule has 0 atom stereocenters. The van der Waals surface area contributed by atoms with Crippen LogP contribution < -0.4 is 4.57 Å². The predicted molar refractivity (Wildman–Crippen MR) is 73.5 cm³/mol. The Hall–Kier alpha value is 0.368. The maximum Gasteiger partial charge on any atom is 0.248 e. The first-order chi connectivity index (χ1) is 8.84. The topological polar surface area (TPSA) is 42.5 Å². The summed E-state index contributed by atoms with van der Waals surface area (Å²) in [5.74, 6) is 0. The Kier molecular flexibility index (Phi) is 12.4. The van der Waals surface area contributed by atoms with Crippen LogP contribution in [0.15, 0.2) is 0 Å². The second-order valence-electron chi connectivity index (χ2n) is 4.69. The van der Waals surface area contributed by atoms with Gasteiger partial charge in [-0.25, -0.2) is 0 Å². The minimum absolute atomic E-state index is 0. The van der Waals surface area contributed by atoms with E-state index in [0.717, 1.165) is 22.6 Å². The molecular weight excluding hydrogens is 414 g/mol. The van der Waals surface area contributed by atoms with Gasteiger partial charge in [-0.2, -0.15) is 4.98 Å². The van der Waals surface area contributed by atoms with Crippen molar-refractivity contribution in [3.63, 3.8) is 0 Å². The molecule has 0 saturated heterocycles. The summed E-state index contributed by atoms with van der Waals surface area (Å²) in [5.41, 5.74) is 6.74. The first-order valence-corrected chi connectivity index (χ1v) is 6.24. The Bertz CT molecular complexity index is 539. The Morgan fingerprint density at radius 1 is 0.714 bits per heavy atom. The van der Waals surface area contributed by atoms with E-state index in [1.807, 2.05) is 39.3 Å². The van der Waals surface area contributed by atoms with Gasteiger partial charge in [0.25, 0.3) is 0 Å². The second kappa shape index (κ2) is 11.0. The van der Waals surface area contributed by atoms with Crippen molar-refractivity contribution in [2.24, 2.45) is 7.05 Å². The van der Waals surface area contributed by atoms with Crippen LogP contribution in [-0.2, 0) is 72.5 Å². The van der Waals surface area contributed by atoms with Crippen LogP contribution in [0.2, 0.25) is 0 Å². The van der Waals surface area contributed by atoms with E-state index >= 15 is 0 Å². The molecule has 6 heteroatoms. The van der Waals surface area contributed by atoms with Gasteiger partial charge in [0.15, 0.2) is 0 Å². The largest absolute Gasteiger partial charge is 0.371 e. The second-order valence-corrected chi connectivity index (χ2v) is 4.69. The third-order valence-electron chi connectivity index (χ3n) is 3.48. The molecule has 2 radical (unpaired) electrons. The summed E-state index contributed by atoms with van der Waals surface area (Å²) < 4.78 is 1.91. The Morgan fingerprint density at radius 3 is 1.52 bits per heavy atom. The molecule has 0 aromatic carbocycles. The summed E-state index contributed by atoms with van der Waals surface area (Å²) >= 11 is 0. The fraction of sp³-hybridized carbons (Fsp3) is 0.467. The van der Waals surface area contributed by atoms with E-state index in [9.17, 15) is 0 Å². The van der Waals surface area contributed by atoms with Crippen molar-refractivity contribution < 1.29 is 70.0 Å². The number of nitrogens with zero attached hydrogens (tertiary/aromatic N) is 4. The molecule has 0 aliphatic heterocycles. The zero-order valence-electron chi connectivity index (χ0n) is 13.9. The minimum atomic E-state index is 0. The molecule has 0 saturated carbocycles. The first-order valence-electron chi connectivity index (χ1n) is 6.24. The molecule has 0 bridgehead atoms. The summed E-state index contributed by atoms with van der Waals surface area (Å²) in [7, 11) is 1.95. The molecule has 0 amide bonds. The van der Waals surface area contributed by atoms with Crippen molar-refractivity contribution in [3.8, 4) is 0 Å². The van der Waals surface area contributed by atoms with Crippen molar-refractivity contribution in [1.82, 2.24) is 15.0 Å². The molecule has 21 heavy (non-hydrogen) atoms. The van der Waals surface area contributed by atoms with Crippen molar-refractivity contribution in [2.75, 3.05) is 0 Å². The van der Waals surface area contributed by atoms with Crippen molar-refractivity contribution in [2.45, 2.75) is 41.5 Å². The van der Waals surface area contributed by atoms with Gasteiger partial charge in [0.2, 0.25) is 6.33 Å². The maximum atomic E-state index is 4.08. The van der Waals surface area contributed by atoms with E-state index < -0.39 is 0 Å². The quantitative estimate of drug-likeness (QED) is 0.469. The molecule has 108 valence electrons. The van der Waals surface area contributed by atoms with E-state index in [0.29, 0.717) is 0 Å². The van der Waals surface area contributed by atoms with Crippen LogP contribution in [0.25, 0.3) is 0 Å². The normalized spacial score (nSPS) is 8.90. The summed E-state index contributed by atoms with van der Waals surface area (Å²) in [5, 5.41) is 0. The van der Waals surface area contributed by atoms with Crippen molar-refractivity contribution in [1.29, 1.82) is 0 Å². The smallest absolute Gasteiger partial charge is 0.248 e. The van der Waals surface area contributed by atoms with E-state index in [1.165, 1.54) is 11.3 Å². The average molecular weight is 435 g/mol. The van der Waals surface area contributed by atoms with Crippen LogP contribution in [0.4, 0.5) is 0 Å². The fourth-order valence-electron chi connectivity index (χ4n) is 1.43.